The lowest BCUT2D eigenvalue weighted by Gasteiger charge is -2.04. The molecule has 0 spiro atoms. The Hall–Kier alpha value is -2.86. The summed E-state index contributed by atoms with van der Waals surface area (Å²) in [6.07, 6.45) is 4.84. The lowest BCUT2D eigenvalue weighted by atomic mass is 10.2. The van der Waals surface area contributed by atoms with E-state index in [1.54, 1.807) is 23.1 Å². The van der Waals surface area contributed by atoms with Gasteiger partial charge in [0.2, 0.25) is 0 Å². The Kier molecular flexibility index (Phi) is 3.76. The third-order valence-corrected chi connectivity index (χ3v) is 3.24. The zero-order valence-electron chi connectivity index (χ0n) is 11.3. The van der Waals surface area contributed by atoms with Gasteiger partial charge in [0.15, 0.2) is 5.82 Å². The van der Waals surface area contributed by atoms with Crippen LogP contribution >= 0.6 is 11.6 Å². The summed E-state index contributed by atoms with van der Waals surface area (Å²) < 4.78 is 1.55. The summed E-state index contributed by atoms with van der Waals surface area (Å²) in [5.74, 6) is 0.235. The van der Waals surface area contributed by atoms with Crippen molar-refractivity contribution in [3.63, 3.8) is 0 Å². The number of benzene rings is 1. The molecule has 0 aliphatic heterocycles. The third-order valence-electron chi connectivity index (χ3n) is 2.93. The number of hydrogen-bond donors (Lipinski definition) is 2. The molecule has 2 heterocycles. The molecule has 0 atom stereocenters. The van der Waals surface area contributed by atoms with Gasteiger partial charge in [-0.15, -0.1) is 0 Å². The predicted octanol–water partition coefficient (Wildman–Crippen LogP) is 2.88. The van der Waals surface area contributed by atoms with E-state index in [0.29, 0.717) is 17.1 Å². The normalized spacial score (nSPS) is 10.4. The fourth-order valence-corrected chi connectivity index (χ4v) is 2.03. The van der Waals surface area contributed by atoms with Crippen molar-refractivity contribution in [1.29, 1.82) is 0 Å². The molecule has 2 aromatic heterocycles. The first kappa shape index (κ1) is 14.1. The Morgan fingerprint density at radius 3 is 2.86 bits per heavy atom. The van der Waals surface area contributed by atoms with Crippen LogP contribution in [0.5, 0.6) is 5.75 Å². The fraction of sp³-hybridized carbons (Fsp3) is 0. The van der Waals surface area contributed by atoms with E-state index in [-0.39, 0.29) is 16.7 Å². The smallest absolute Gasteiger partial charge is 0.255 e. The highest BCUT2D eigenvalue weighted by molar-refractivity contribution is 6.32. The molecule has 1 amide bonds. The van der Waals surface area contributed by atoms with Gasteiger partial charge in [0, 0.05) is 11.8 Å². The average molecular weight is 315 g/mol. The number of amides is 1. The van der Waals surface area contributed by atoms with Crippen LogP contribution in [-0.4, -0.2) is 25.8 Å². The number of carbonyl (C=O) groups excluding carboxylic acids is 1. The van der Waals surface area contributed by atoms with Crippen molar-refractivity contribution in [2.75, 3.05) is 5.32 Å². The number of halogens is 1. The van der Waals surface area contributed by atoms with Crippen LogP contribution in [0.3, 0.4) is 0 Å². The van der Waals surface area contributed by atoms with E-state index in [2.05, 4.69) is 15.4 Å². The first-order chi connectivity index (χ1) is 10.6. The van der Waals surface area contributed by atoms with Crippen LogP contribution in [0.15, 0.2) is 55.0 Å². The van der Waals surface area contributed by atoms with Crippen molar-refractivity contribution in [2.45, 2.75) is 0 Å². The van der Waals surface area contributed by atoms with Crippen molar-refractivity contribution < 1.29 is 9.90 Å². The van der Waals surface area contributed by atoms with Gasteiger partial charge in [-0.3, -0.25) is 4.79 Å². The SMILES string of the molecule is O=C(Nc1cnn(-c2ccccn2)c1)c1ccc(O)c(Cl)c1. The number of aromatic nitrogens is 3. The minimum atomic E-state index is -0.345. The summed E-state index contributed by atoms with van der Waals surface area (Å²) >= 11 is 5.79. The van der Waals surface area contributed by atoms with Crippen LogP contribution in [0.4, 0.5) is 5.69 Å². The number of rotatable bonds is 3. The van der Waals surface area contributed by atoms with Crippen LogP contribution in [0.1, 0.15) is 10.4 Å². The number of nitrogens with zero attached hydrogens (tertiary/aromatic N) is 3. The molecular weight excluding hydrogens is 304 g/mol. The average Bonchev–Trinajstić information content (AvgIpc) is 2.99. The van der Waals surface area contributed by atoms with E-state index in [0.717, 1.165) is 0 Å². The van der Waals surface area contributed by atoms with Crippen molar-refractivity contribution in [3.05, 3.63) is 65.6 Å². The second-order valence-electron chi connectivity index (χ2n) is 4.48. The molecule has 0 aliphatic rings. The molecule has 2 N–H and O–H groups in total. The Labute approximate surface area is 131 Å². The number of phenols is 1. The lowest BCUT2D eigenvalue weighted by molar-refractivity contribution is 0.102. The molecule has 3 rings (SSSR count). The maximum Gasteiger partial charge on any atom is 0.255 e. The maximum atomic E-state index is 12.1. The molecular formula is C15H11ClN4O2. The van der Waals surface area contributed by atoms with Crippen LogP contribution in [0.25, 0.3) is 5.82 Å². The van der Waals surface area contributed by atoms with Gasteiger partial charge in [-0.05, 0) is 30.3 Å². The number of carbonyl (C=O) groups is 1. The van der Waals surface area contributed by atoms with Gasteiger partial charge in [-0.2, -0.15) is 5.10 Å². The number of aromatic hydroxyl groups is 1. The van der Waals surface area contributed by atoms with E-state index in [9.17, 15) is 9.90 Å². The zero-order valence-corrected chi connectivity index (χ0v) is 12.0. The molecule has 0 bridgehead atoms. The molecule has 110 valence electrons. The maximum absolute atomic E-state index is 12.1. The molecule has 0 unspecified atom stereocenters. The molecule has 22 heavy (non-hydrogen) atoms. The summed E-state index contributed by atoms with van der Waals surface area (Å²) in [5, 5.41) is 16.3. The Bertz CT molecular complexity index is 817. The van der Waals surface area contributed by atoms with E-state index in [1.807, 2.05) is 12.1 Å². The summed E-state index contributed by atoms with van der Waals surface area (Å²) in [5.41, 5.74) is 0.869. The highest BCUT2D eigenvalue weighted by Gasteiger charge is 2.10. The summed E-state index contributed by atoms with van der Waals surface area (Å²) in [6, 6.07) is 9.72. The second-order valence-corrected chi connectivity index (χ2v) is 4.89. The first-order valence-electron chi connectivity index (χ1n) is 6.39. The van der Waals surface area contributed by atoms with E-state index in [1.165, 1.54) is 24.4 Å². The molecule has 7 heteroatoms. The van der Waals surface area contributed by atoms with Gasteiger partial charge >= 0.3 is 0 Å². The van der Waals surface area contributed by atoms with Gasteiger partial charge in [-0.25, -0.2) is 9.67 Å². The van der Waals surface area contributed by atoms with Crippen LogP contribution in [0, 0.1) is 0 Å². The lowest BCUT2D eigenvalue weighted by Crippen LogP contribution is -2.11. The minimum absolute atomic E-state index is 0.0683. The molecule has 6 nitrogen and oxygen atoms in total. The van der Waals surface area contributed by atoms with Gasteiger partial charge in [0.25, 0.3) is 5.91 Å². The van der Waals surface area contributed by atoms with Gasteiger partial charge < -0.3 is 10.4 Å². The van der Waals surface area contributed by atoms with Crippen molar-refractivity contribution in [2.24, 2.45) is 0 Å². The minimum Gasteiger partial charge on any atom is -0.506 e. The molecule has 0 saturated carbocycles. The molecule has 3 aromatic rings. The molecule has 0 saturated heterocycles. The zero-order chi connectivity index (χ0) is 15.5. The number of anilines is 1. The number of pyridine rings is 1. The first-order valence-corrected chi connectivity index (χ1v) is 6.77. The molecule has 0 fully saturated rings. The van der Waals surface area contributed by atoms with Gasteiger partial charge in [0.1, 0.15) is 5.75 Å². The summed E-state index contributed by atoms with van der Waals surface area (Å²) in [6.45, 7) is 0. The number of nitrogens with one attached hydrogen (secondary N) is 1. The van der Waals surface area contributed by atoms with Crippen molar-refractivity contribution >= 4 is 23.2 Å². The Morgan fingerprint density at radius 2 is 2.14 bits per heavy atom. The van der Waals surface area contributed by atoms with Crippen molar-refractivity contribution in [3.8, 4) is 11.6 Å². The standard InChI is InChI=1S/C15H11ClN4O2/c16-12-7-10(4-5-13(12)21)15(22)19-11-8-18-20(9-11)14-3-1-2-6-17-14/h1-9,21H,(H,19,22). The largest absolute Gasteiger partial charge is 0.506 e. The fourth-order valence-electron chi connectivity index (χ4n) is 1.85. The highest BCUT2D eigenvalue weighted by atomic mass is 35.5. The number of hydrogen-bond acceptors (Lipinski definition) is 4. The quantitative estimate of drug-likeness (QED) is 0.779. The molecule has 1 aromatic carbocycles. The third kappa shape index (κ3) is 2.91. The second kappa shape index (κ2) is 5.87. The summed E-state index contributed by atoms with van der Waals surface area (Å²) in [4.78, 5) is 16.3. The molecule has 0 aliphatic carbocycles. The predicted molar refractivity (Wildman–Crippen MR) is 82.4 cm³/mol. The van der Waals surface area contributed by atoms with Crippen LogP contribution < -0.4 is 5.32 Å². The highest BCUT2D eigenvalue weighted by Crippen LogP contribution is 2.24. The van der Waals surface area contributed by atoms with E-state index in [4.69, 9.17) is 11.6 Å². The Balaban J connectivity index is 1.77. The van der Waals surface area contributed by atoms with Crippen molar-refractivity contribution in [1.82, 2.24) is 14.8 Å². The van der Waals surface area contributed by atoms with Gasteiger partial charge in [-0.1, -0.05) is 17.7 Å². The monoisotopic (exact) mass is 314 g/mol. The van der Waals surface area contributed by atoms with E-state index >= 15 is 0 Å². The Morgan fingerprint density at radius 1 is 1.27 bits per heavy atom. The van der Waals surface area contributed by atoms with Crippen LogP contribution in [0.2, 0.25) is 5.02 Å². The topological polar surface area (TPSA) is 80.0 Å². The van der Waals surface area contributed by atoms with Crippen LogP contribution in [-0.2, 0) is 0 Å². The summed E-state index contributed by atoms with van der Waals surface area (Å²) in [7, 11) is 0. The number of phenolic OH excluding ortho intramolecular Hbond substituents is 1. The molecule has 0 radical (unpaired) electrons. The van der Waals surface area contributed by atoms with Gasteiger partial charge in [0.05, 0.1) is 23.1 Å². The van der Waals surface area contributed by atoms with E-state index < -0.39 is 0 Å².